The van der Waals surface area contributed by atoms with E-state index < -0.39 is 0 Å². The van der Waals surface area contributed by atoms with Crippen LogP contribution in [0.2, 0.25) is 0 Å². The second kappa shape index (κ2) is 5.27. The Morgan fingerprint density at radius 3 is 2.76 bits per heavy atom. The first-order valence-electron chi connectivity index (χ1n) is 5.44. The lowest BCUT2D eigenvalue weighted by atomic mass is 10.2. The molecule has 3 nitrogen and oxygen atoms in total. The summed E-state index contributed by atoms with van der Waals surface area (Å²) < 4.78 is 1.10. The van der Waals surface area contributed by atoms with Gasteiger partial charge in [0.25, 0.3) is 0 Å². The summed E-state index contributed by atoms with van der Waals surface area (Å²) in [4.78, 5) is 8.71. The lowest BCUT2D eigenvalue weighted by Crippen LogP contribution is -2.05. The lowest BCUT2D eigenvalue weighted by molar-refractivity contribution is 1.02. The van der Waals surface area contributed by atoms with Gasteiger partial charge < -0.3 is 5.32 Å². The van der Waals surface area contributed by atoms with E-state index in [2.05, 4.69) is 37.3 Å². The van der Waals surface area contributed by atoms with Crippen LogP contribution in [0, 0.1) is 13.8 Å². The van der Waals surface area contributed by atoms with Crippen LogP contribution >= 0.6 is 15.9 Å². The molecule has 1 aromatic heterocycles. The first-order chi connectivity index (χ1) is 8.16. The maximum Gasteiger partial charge on any atom is 0.148 e. The number of nitrogens with zero attached hydrogens (tertiary/aromatic N) is 2. The van der Waals surface area contributed by atoms with Crippen molar-refractivity contribution in [1.29, 1.82) is 0 Å². The number of aryl methyl sites for hydroxylation is 2. The Bertz CT molecular complexity index is 526. The Morgan fingerprint density at radius 2 is 2.00 bits per heavy atom. The molecule has 0 saturated heterocycles. The van der Waals surface area contributed by atoms with Crippen LogP contribution in [0.4, 0.5) is 5.82 Å². The van der Waals surface area contributed by atoms with Gasteiger partial charge in [-0.2, -0.15) is 0 Å². The molecule has 17 heavy (non-hydrogen) atoms. The van der Waals surface area contributed by atoms with Crippen LogP contribution in [-0.2, 0) is 6.54 Å². The maximum absolute atomic E-state index is 4.43. The van der Waals surface area contributed by atoms with E-state index in [9.17, 15) is 0 Å². The third-order valence-electron chi connectivity index (χ3n) is 2.48. The van der Waals surface area contributed by atoms with Crippen LogP contribution < -0.4 is 5.32 Å². The number of aromatic nitrogens is 2. The molecule has 0 spiro atoms. The molecular weight excluding hydrogens is 278 g/mol. The first-order valence-corrected chi connectivity index (χ1v) is 6.23. The van der Waals surface area contributed by atoms with E-state index in [4.69, 9.17) is 0 Å². The summed E-state index contributed by atoms with van der Waals surface area (Å²) in [5, 5.41) is 3.31. The molecule has 0 amide bonds. The minimum atomic E-state index is 0.737. The highest BCUT2D eigenvalue weighted by Crippen LogP contribution is 2.17. The fraction of sp³-hybridized carbons (Fsp3) is 0.231. The number of anilines is 1. The van der Waals surface area contributed by atoms with Gasteiger partial charge in [0, 0.05) is 17.2 Å². The van der Waals surface area contributed by atoms with E-state index in [1.807, 2.05) is 32.0 Å². The molecule has 0 aliphatic rings. The molecule has 2 rings (SSSR count). The Balaban J connectivity index is 2.12. The number of benzene rings is 1. The van der Waals surface area contributed by atoms with Gasteiger partial charge in [0.1, 0.15) is 5.82 Å². The predicted molar refractivity (Wildman–Crippen MR) is 73.0 cm³/mol. The van der Waals surface area contributed by atoms with Crippen molar-refractivity contribution in [1.82, 2.24) is 9.97 Å². The van der Waals surface area contributed by atoms with Gasteiger partial charge in [-0.15, -0.1) is 0 Å². The number of nitrogens with one attached hydrogen (secondary N) is 1. The van der Waals surface area contributed by atoms with E-state index in [0.717, 1.165) is 28.2 Å². The highest BCUT2D eigenvalue weighted by Gasteiger charge is 2.03. The standard InChI is InChI=1S/C13H14BrN3/c1-9-7-15-10(2)13(17-9)16-8-11-5-3-4-6-12(11)14/h3-7H,8H2,1-2H3,(H,16,17). The maximum atomic E-state index is 4.43. The van der Waals surface area contributed by atoms with Gasteiger partial charge in [-0.3, -0.25) is 4.98 Å². The molecule has 0 aliphatic heterocycles. The third kappa shape index (κ3) is 3.03. The van der Waals surface area contributed by atoms with Crippen molar-refractivity contribution in [3.63, 3.8) is 0 Å². The molecule has 1 N–H and O–H groups in total. The number of hydrogen-bond acceptors (Lipinski definition) is 3. The monoisotopic (exact) mass is 291 g/mol. The molecule has 0 radical (unpaired) electrons. The SMILES string of the molecule is Cc1cnc(C)c(NCc2ccccc2Br)n1. The highest BCUT2D eigenvalue weighted by molar-refractivity contribution is 9.10. The Morgan fingerprint density at radius 1 is 1.24 bits per heavy atom. The van der Waals surface area contributed by atoms with Crippen molar-refractivity contribution >= 4 is 21.7 Å². The number of hydrogen-bond donors (Lipinski definition) is 1. The highest BCUT2D eigenvalue weighted by atomic mass is 79.9. The molecule has 4 heteroatoms. The van der Waals surface area contributed by atoms with Gasteiger partial charge >= 0.3 is 0 Å². The first kappa shape index (κ1) is 12.0. The normalized spacial score (nSPS) is 10.3. The number of rotatable bonds is 3. The zero-order valence-corrected chi connectivity index (χ0v) is 11.5. The summed E-state index contributed by atoms with van der Waals surface area (Å²) in [5.41, 5.74) is 3.04. The van der Waals surface area contributed by atoms with Crippen molar-refractivity contribution in [2.75, 3.05) is 5.32 Å². The average molecular weight is 292 g/mol. The van der Waals surface area contributed by atoms with Crippen LogP contribution in [0.15, 0.2) is 34.9 Å². The minimum absolute atomic E-state index is 0.737. The average Bonchev–Trinajstić information content (AvgIpc) is 2.32. The van der Waals surface area contributed by atoms with E-state index in [1.54, 1.807) is 6.20 Å². The lowest BCUT2D eigenvalue weighted by Gasteiger charge is -2.09. The molecule has 88 valence electrons. The molecule has 2 aromatic rings. The largest absolute Gasteiger partial charge is 0.364 e. The van der Waals surface area contributed by atoms with E-state index in [1.165, 1.54) is 5.56 Å². The summed E-state index contributed by atoms with van der Waals surface area (Å²) in [6, 6.07) is 8.14. The van der Waals surface area contributed by atoms with Gasteiger partial charge in [0.2, 0.25) is 0 Å². The molecule has 0 saturated carbocycles. The van der Waals surface area contributed by atoms with Gasteiger partial charge in [-0.05, 0) is 25.5 Å². The minimum Gasteiger partial charge on any atom is -0.364 e. The van der Waals surface area contributed by atoms with E-state index in [-0.39, 0.29) is 0 Å². The van der Waals surface area contributed by atoms with Crippen molar-refractivity contribution in [3.05, 3.63) is 51.9 Å². The fourth-order valence-electron chi connectivity index (χ4n) is 1.53. The predicted octanol–water partition coefficient (Wildman–Crippen LogP) is 3.47. The third-order valence-corrected chi connectivity index (χ3v) is 3.25. The van der Waals surface area contributed by atoms with Gasteiger partial charge in [-0.25, -0.2) is 4.98 Å². The molecule has 1 heterocycles. The summed E-state index contributed by atoms with van der Waals surface area (Å²) in [6.45, 7) is 4.63. The summed E-state index contributed by atoms with van der Waals surface area (Å²) in [7, 11) is 0. The van der Waals surface area contributed by atoms with Gasteiger partial charge in [0.15, 0.2) is 0 Å². The Kier molecular flexibility index (Phi) is 3.74. The second-order valence-electron chi connectivity index (χ2n) is 3.89. The van der Waals surface area contributed by atoms with Crippen LogP contribution in [-0.4, -0.2) is 9.97 Å². The molecule has 0 fully saturated rings. The second-order valence-corrected chi connectivity index (χ2v) is 4.74. The summed E-state index contributed by atoms with van der Waals surface area (Å²) in [5.74, 6) is 0.848. The smallest absolute Gasteiger partial charge is 0.148 e. The van der Waals surface area contributed by atoms with Gasteiger partial charge in [-0.1, -0.05) is 34.1 Å². The fourth-order valence-corrected chi connectivity index (χ4v) is 1.95. The van der Waals surface area contributed by atoms with E-state index in [0.29, 0.717) is 0 Å². The summed E-state index contributed by atoms with van der Waals surface area (Å²) in [6.07, 6.45) is 1.78. The molecule has 0 unspecified atom stereocenters. The van der Waals surface area contributed by atoms with Crippen molar-refractivity contribution < 1.29 is 0 Å². The van der Waals surface area contributed by atoms with Gasteiger partial charge in [0.05, 0.1) is 11.4 Å². The Hall–Kier alpha value is -1.42. The Labute approximate surface area is 109 Å². The molecule has 0 aliphatic carbocycles. The van der Waals surface area contributed by atoms with Crippen molar-refractivity contribution in [3.8, 4) is 0 Å². The topological polar surface area (TPSA) is 37.8 Å². The quantitative estimate of drug-likeness (QED) is 0.941. The van der Waals surface area contributed by atoms with Crippen molar-refractivity contribution in [2.45, 2.75) is 20.4 Å². The molecule has 1 aromatic carbocycles. The molecule has 0 bridgehead atoms. The zero-order chi connectivity index (χ0) is 12.3. The van der Waals surface area contributed by atoms with Crippen molar-refractivity contribution in [2.24, 2.45) is 0 Å². The molecule has 0 atom stereocenters. The number of halogens is 1. The van der Waals surface area contributed by atoms with E-state index >= 15 is 0 Å². The summed E-state index contributed by atoms with van der Waals surface area (Å²) >= 11 is 3.53. The van der Waals surface area contributed by atoms with Crippen LogP contribution in [0.1, 0.15) is 17.0 Å². The zero-order valence-electron chi connectivity index (χ0n) is 9.87. The van der Waals surface area contributed by atoms with Crippen LogP contribution in [0.5, 0.6) is 0 Å². The molecular formula is C13H14BrN3. The van der Waals surface area contributed by atoms with Crippen LogP contribution in [0.25, 0.3) is 0 Å². The van der Waals surface area contributed by atoms with Crippen LogP contribution in [0.3, 0.4) is 0 Å².